The lowest BCUT2D eigenvalue weighted by Crippen LogP contribution is -2.30. The van der Waals surface area contributed by atoms with Crippen molar-refractivity contribution >= 4 is 21.8 Å². The first-order valence-corrected chi connectivity index (χ1v) is 12.4. The van der Waals surface area contributed by atoms with E-state index in [-0.39, 0.29) is 10.1 Å². The minimum absolute atomic E-state index is 0.225. The van der Waals surface area contributed by atoms with E-state index in [1.807, 2.05) is 61.7 Å². The molecule has 0 unspecified atom stereocenters. The van der Waals surface area contributed by atoms with E-state index in [1.54, 1.807) is 18.2 Å². The fourth-order valence-corrected chi connectivity index (χ4v) is 5.43. The van der Waals surface area contributed by atoms with Crippen LogP contribution in [0.25, 0.3) is 11.4 Å². The molecule has 3 rings (SSSR count). The van der Waals surface area contributed by atoms with Gasteiger partial charge in [0.15, 0.2) is 11.0 Å². The number of aromatic nitrogens is 3. The molecule has 3 aromatic rings. The summed E-state index contributed by atoms with van der Waals surface area (Å²) in [5.74, 6) is 0.563. The van der Waals surface area contributed by atoms with E-state index in [9.17, 15) is 13.7 Å². The molecule has 7 nitrogen and oxygen atoms in total. The first-order chi connectivity index (χ1) is 14.9. The Labute approximate surface area is 187 Å². The molecule has 31 heavy (non-hydrogen) atoms. The monoisotopic (exact) mass is 455 g/mol. The van der Waals surface area contributed by atoms with Crippen molar-refractivity contribution in [3.05, 3.63) is 60.2 Å². The highest BCUT2D eigenvalue weighted by Gasteiger charge is 2.23. The highest BCUT2D eigenvalue weighted by atomic mass is 32.2. The minimum atomic E-state index is -3.59. The number of hydrogen-bond acceptors (Lipinski definition) is 6. The first kappa shape index (κ1) is 23.0. The Balaban J connectivity index is 2.07. The van der Waals surface area contributed by atoms with Crippen LogP contribution < -0.4 is 0 Å². The predicted molar refractivity (Wildman–Crippen MR) is 122 cm³/mol. The van der Waals surface area contributed by atoms with Gasteiger partial charge in [-0.05, 0) is 24.6 Å². The maximum absolute atomic E-state index is 13.0. The van der Waals surface area contributed by atoms with Gasteiger partial charge in [-0.1, -0.05) is 68.1 Å². The molecule has 0 saturated heterocycles. The first-order valence-electron chi connectivity index (χ1n) is 10.0. The number of benzene rings is 2. The summed E-state index contributed by atoms with van der Waals surface area (Å²) < 4.78 is 29.3. The van der Waals surface area contributed by atoms with Crippen LogP contribution in [0.2, 0.25) is 0 Å². The summed E-state index contributed by atoms with van der Waals surface area (Å²) in [5, 5.41) is 18.2. The van der Waals surface area contributed by atoms with Crippen LogP contribution >= 0.6 is 11.8 Å². The average molecular weight is 456 g/mol. The van der Waals surface area contributed by atoms with Gasteiger partial charge in [0.2, 0.25) is 10.0 Å². The third-order valence-corrected chi connectivity index (χ3v) is 7.82. The number of hydrogen-bond donors (Lipinski definition) is 0. The Morgan fingerprint density at radius 1 is 1.10 bits per heavy atom. The van der Waals surface area contributed by atoms with Crippen LogP contribution in [-0.2, 0) is 16.6 Å². The van der Waals surface area contributed by atoms with Crippen molar-refractivity contribution in [1.29, 1.82) is 5.26 Å². The Kier molecular flexibility index (Phi) is 7.49. The number of nitrogens with zero attached hydrogens (tertiary/aromatic N) is 5. The summed E-state index contributed by atoms with van der Waals surface area (Å²) in [5.41, 5.74) is 1.72. The summed E-state index contributed by atoms with van der Waals surface area (Å²) in [6.07, 6.45) is 0. The molecular weight excluding hydrogens is 430 g/mol. The Morgan fingerprint density at radius 3 is 2.45 bits per heavy atom. The predicted octanol–water partition coefficient (Wildman–Crippen LogP) is 4.03. The number of rotatable bonds is 9. The van der Waals surface area contributed by atoms with E-state index < -0.39 is 10.0 Å². The molecular formula is C22H25N5O2S2. The van der Waals surface area contributed by atoms with Gasteiger partial charge < -0.3 is 0 Å². The van der Waals surface area contributed by atoms with Crippen LogP contribution in [0.1, 0.15) is 26.3 Å². The van der Waals surface area contributed by atoms with Crippen molar-refractivity contribution < 1.29 is 8.42 Å². The molecule has 0 radical (unpaired) electrons. The van der Waals surface area contributed by atoms with Crippen molar-refractivity contribution in [2.24, 2.45) is 0 Å². The standard InChI is InChI=1S/C22H25N5O2S2/c1-4-26(5-2)31(28,29)20-13-9-12-19(14-20)21-24-25-22(30-17(3)15-23)27(21)16-18-10-7-6-8-11-18/h6-14,17H,4-5,16H2,1-3H3/t17-/m1/s1. The molecule has 0 aliphatic heterocycles. The molecule has 0 aliphatic rings. The van der Waals surface area contributed by atoms with Gasteiger partial charge in [-0.2, -0.15) is 9.57 Å². The van der Waals surface area contributed by atoms with Crippen molar-refractivity contribution in [3.8, 4) is 17.5 Å². The third kappa shape index (κ3) is 5.15. The van der Waals surface area contributed by atoms with Gasteiger partial charge in [0.25, 0.3) is 0 Å². The van der Waals surface area contributed by atoms with Gasteiger partial charge in [-0.15, -0.1) is 10.2 Å². The van der Waals surface area contributed by atoms with E-state index in [4.69, 9.17) is 0 Å². The van der Waals surface area contributed by atoms with Crippen molar-refractivity contribution in [1.82, 2.24) is 19.1 Å². The molecule has 1 atom stereocenters. The molecule has 9 heteroatoms. The molecule has 1 aromatic heterocycles. The summed E-state index contributed by atoms with van der Waals surface area (Å²) >= 11 is 1.33. The van der Waals surface area contributed by atoms with E-state index in [0.717, 1.165) is 5.56 Å². The molecule has 162 valence electrons. The second kappa shape index (κ2) is 10.1. The normalized spacial score (nSPS) is 12.6. The SMILES string of the molecule is CCN(CC)S(=O)(=O)c1cccc(-c2nnc(S[C@H](C)C#N)n2Cc2ccccc2)c1. The van der Waals surface area contributed by atoms with Crippen LogP contribution in [0.3, 0.4) is 0 Å². The second-order valence-corrected chi connectivity index (χ2v) is 10.1. The number of nitriles is 1. The quantitative estimate of drug-likeness (QED) is 0.453. The maximum atomic E-state index is 13.0. The molecule has 1 heterocycles. The highest BCUT2D eigenvalue weighted by Crippen LogP contribution is 2.29. The molecule has 0 fully saturated rings. The Bertz CT molecular complexity index is 1170. The van der Waals surface area contributed by atoms with Crippen molar-refractivity contribution in [2.45, 2.75) is 42.6 Å². The van der Waals surface area contributed by atoms with Crippen molar-refractivity contribution in [3.63, 3.8) is 0 Å². The zero-order valence-corrected chi connectivity index (χ0v) is 19.4. The van der Waals surface area contributed by atoms with Gasteiger partial charge in [0.05, 0.1) is 22.8 Å². The average Bonchev–Trinajstić information content (AvgIpc) is 3.17. The van der Waals surface area contributed by atoms with Crippen LogP contribution in [0.4, 0.5) is 0 Å². The largest absolute Gasteiger partial charge is 0.298 e. The number of thioether (sulfide) groups is 1. The fourth-order valence-electron chi connectivity index (χ4n) is 3.19. The van der Waals surface area contributed by atoms with E-state index in [0.29, 0.717) is 36.2 Å². The van der Waals surface area contributed by atoms with Crippen LogP contribution in [-0.4, -0.2) is 45.8 Å². The zero-order valence-electron chi connectivity index (χ0n) is 17.8. The molecule has 0 spiro atoms. The van der Waals surface area contributed by atoms with Gasteiger partial charge in [-0.25, -0.2) is 8.42 Å². The van der Waals surface area contributed by atoms with Crippen LogP contribution in [0, 0.1) is 11.3 Å². The van der Waals surface area contributed by atoms with E-state index in [2.05, 4.69) is 16.3 Å². The van der Waals surface area contributed by atoms with Crippen LogP contribution in [0.5, 0.6) is 0 Å². The second-order valence-electron chi connectivity index (χ2n) is 6.88. The van der Waals surface area contributed by atoms with Gasteiger partial charge >= 0.3 is 0 Å². The molecule has 2 aromatic carbocycles. The van der Waals surface area contributed by atoms with Crippen molar-refractivity contribution in [2.75, 3.05) is 13.1 Å². The Hall–Kier alpha value is -2.67. The summed E-state index contributed by atoms with van der Waals surface area (Å²) in [7, 11) is -3.59. The number of sulfonamides is 1. The lowest BCUT2D eigenvalue weighted by molar-refractivity contribution is 0.445. The molecule has 0 bridgehead atoms. The molecule has 0 saturated carbocycles. The molecule has 0 aliphatic carbocycles. The molecule has 0 N–H and O–H groups in total. The highest BCUT2D eigenvalue weighted by molar-refractivity contribution is 8.00. The van der Waals surface area contributed by atoms with E-state index >= 15 is 0 Å². The van der Waals surface area contributed by atoms with Gasteiger partial charge in [-0.3, -0.25) is 4.57 Å². The maximum Gasteiger partial charge on any atom is 0.243 e. The molecule has 0 amide bonds. The summed E-state index contributed by atoms with van der Waals surface area (Å²) in [6.45, 7) is 6.77. The lowest BCUT2D eigenvalue weighted by Gasteiger charge is -2.19. The topological polar surface area (TPSA) is 91.9 Å². The van der Waals surface area contributed by atoms with Gasteiger partial charge in [0, 0.05) is 18.7 Å². The minimum Gasteiger partial charge on any atom is -0.298 e. The van der Waals surface area contributed by atoms with Gasteiger partial charge in [0.1, 0.15) is 0 Å². The third-order valence-electron chi connectivity index (χ3n) is 4.80. The van der Waals surface area contributed by atoms with Crippen LogP contribution in [0.15, 0.2) is 64.6 Å². The summed E-state index contributed by atoms with van der Waals surface area (Å²) in [4.78, 5) is 0.225. The fraction of sp³-hybridized carbons (Fsp3) is 0.318. The Morgan fingerprint density at radius 2 is 1.81 bits per heavy atom. The zero-order chi connectivity index (χ0) is 22.4. The lowest BCUT2D eigenvalue weighted by atomic mass is 10.2. The van der Waals surface area contributed by atoms with E-state index in [1.165, 1.54) is 16.1 Å². The smallest absolute Gasteiger partial charge is 0.243 e. The summed E-state index contributed by atoms with van der Waals surface area (Å²) in [6, 6.07) is 18.9.